The summed E-state index contributed by atoms with van der Waals surface area (Å²) in [7, 11) is 2.19. The smallest absolute Gasteiger partial charge is 0.0124 e. The molecule has 2 aliphatic carbocycles. The first-order valence-electron chi connectivity index (χ1n) is 8.62. The fourth-order valence-corrected chi connectivity index (χ4v) is 4.56. The summed E-state index contributed by atoms with van der Waals surface area (Å²) in [5.74, 6) is 1.76. The predicted molar refractivity (Wildman–Crippen MR) is 86.0 cm³/mol. The summed E-state index contributed by atoms with van der Waals surface area (Å²) in [6, 6.07) is 9.81. The molecule has 1 saturated carbocycles. The highest BCUT2D eigenvalue weighted by atomic mass is 14.9. The Morgan fingerprint density at radius 2 is 1.60 bits per heavy atom. The Balaban J connectivity index is 1.70. The van der Waals surface area contributed by atoms with Crippen molar-refractivity contribution in [2.45, 2.75) is 63.8 Å². The van der Waals surface area contributed by atoms with Gasteiger partial charge in [0.05, 0.1) is 0 Å². The molecule has 110 valence electrons. The molecule has 1 aromatic rings. The van der Waals surface area contributed by atoms with Gasteiger partial charge in [-0.3, -0.25) is 0 Å². The molecule has 3 rings (SSSR count). The van der Waals surface area contributed by atoms with Gasteiger partial charge in [0.1, 0.15) is 0 Å². The van der Waals surface area contributed by atoms with E-state index < -0.39 is 0 Å². The maximum absolute atomic E-state index is 3.70. The molecule has 2 atom stereocenters. The van der Waals surface area contributed by atoms with Crippen LogP contribution in [0.1, 0.15) is 56.1 Å². The summed E-state index contributed by atoms with van der Waals surface area (Å²) in [6.07, 6.45) is 12.7. The van der Waals surface area contributed by atoms with Gasteiger partial charge < -0.3 is 5.32 Å². The fourth-order valence-electron chi connectivity index (χ4n) is 4.56. The van der Waals surface area contributed by atoms with E-state index in [1.807, 2.05) is 0 Å². The van der Waals surface area contributed by atoms with Gasteiger partial charge in [-0.25, -0.2) is 0 Å². The molecule has 2 unspecified atom stereocenters. The lowest BCUT2D eigenvalue weighted by molar-refractivity contribution is 0.229. The molecule has 1 N–H and O–H groups in total. The lowest BCUT2D eigenvalue weighted by atomic mass is 9.74. The first-order chi connectivity index (χ1) is 9.88. The molecule has 0 aromatic heterocycles. The van der Waals surface area contributed by atoms with Crippen LogP contribution in [0.25, 0.3) is 0 Å². The van der Waals surface area contributed by atoms with Gasteiger partial charge in [0.25, 0.3) is 0 Å². The van der Waals surface area contributed by atoms with E-state index in [4.69, 9.17) is 0 Å². The number of hydrogen-bond donors (Lipinski definition) is 1. The van der Waals surface area contributed by atoms with Gasteiger partial charge in [-0.2, -0.15) is 0 Å². The van der Waals surface area contributed by atoms with Crippen molar-refractivity contribution in [2.24, 2.45) is 11.8 Å². The van der Waals surface area contributed by atoms with Crippen molar-refractivity contribution in [3.63, 3.8) is 0 Å². The normalized spacial score (nSPS) is 25.8. The summed E-state index contributed by atoms with van der Waals surface area (Å²) in [6.45, 7) is 0. The van der Waals surface area contributed by atoms with Crippen LogP contribution in [-0.2, 0) is 12.8 Å². The Hall–Kier alpha value is -0.820. The van der Waals surface area contributed by atoms with Gasteiger partial charge in [0, 0.05) is 6.04 Å². The van der Waals surface area contributed by atoms with Crippen molar-refractivity contribution < 1.29 is 0 Å². The van der Waals surface area contributed by atoms with Crippen molar-refractivity contribution in [3.05, 3.63) is 35.4 Å². The van der Waals surface area contributed by atoms with E-state index in [-0.39, 0.29) is 0 Å². The van der Waals surface area contributed by atoms with Crippen molar-refractivity contribution in [1.29, 1.82) is 0 Å². The van der Waals surface area contributed by atoms with Crippen LogP contribution in [0, 0.1) is 11.8 Å². The van der Waals surface area contributed by atoms with E-state index in [9.17, 15) is 0 Å². The van der Waals surface area contributed by atoms with Crippen LogP contribution in [0.4, 0.5) is 0 Å². The van der Waals surface area contributed by atoms with Crippen molar-refractivity contribution in [1.82, 2.24) is 5.32 Å². The second kappa shape index (κ2) is 6.76. The highest BCUT2D eigenvalue weighted by molar-refractivity contribution is 5.30. The number of rotatable bonds is 3. The highest BCUT2D eigenvalue weighted by Crippen LogP contribution is 2.34. The fraction of sp³-hybridized carbons (Fsp3) is 0.684. The zero-order valence-corrected chi connectivity index (χ0v) is 12.9. The first kappa shape index (κ1) is 14.1. The molecule has 2 aliphatic rings. The van der Waals surface area contributed by atoms with Crippen LogP contribution in [0.3, 0.4) is 0 Å². The molecule has 0 heterocycles. The number of fused-ring (bicyclic) bond motifs is 1. The van der Waals surface area contributed by atoms with Gasteiger partial charge in [0.15, 0.2) is 0 Å². The molecule has 0 saturated heterocycles. The highest BCUT2D eigenvalue weighted by Gasteiger charge is 2.31. The number of benzene rings is 1. The van der Waals surface area contributed by atoms with Crippen LogP contribution >= 0.6 is 0 Å². The average molecular weight is 271 g/mol. The van der Waals surface area contributed by atoms with E-state index in [0.717, 1.165) is 17.9 Å². The molecule has 1 nitrogen and oxygen atoms in total. The van der Waals surface area contributed by atoms with Crippen molar-refractivity contribution in [3.8, 4) is 0 Å². The second-order valence-corrected chi connectivity index (χ2v) is 6.84. The molecule has 0 radical (unpaired) electrons. The third kappa shape index (κ3) is 3.09. The molecular weight excluding hydrogens is 242 g/mol. The number of nitrogens with one attached hydrogen (secondary N) is 1. The predicted octanol–water partition coefficient (Wildman–Crippen LogP) is 4.35. The average Bonchev–Trinajstić information content (AvgIpc) is 2.77. The zero-order valence-electron chi connectivity index (χ0n) is 12.9. The Morgan fingerprint density at radius 1 is 0.900 bits per heavy atom. The maximum Gasteiger partial charge on any atom is 0.0124 e. The quantitative estimate of drug-likeness (QED) is 0.806. The minimum atomic E-state index is 0.737. The Morgan fingerprint density at radius 3 is 2.30 bits per heavy atom. The van der Waals surface area contributed by atoms with Crippen LogP contribution < -0.4 is 5.32 Å². The largest absolute Gasteiger partial charge is 0.316 e. The maximum atomic E-state index is 3.70. The van der Waals surface area contributed by atoms with E-state index >= 15 is 0 Å². The first-order valence-corrected chi connectivity index (χ1v) is 8.62. The van der Waals surface area contributed by atoms with Crippen molar-refractivity contribution >= 4 is 0 Å². The van der Waals surface area contributed by atoms with Crippen LogP contribution in [-0.4, -0.2) is 13.1 Å². The summed E-state index contributed by atoms with van der Waals surface area (Å²) in [5, 5.41) is 3.70. The second-order valence-electron chi connectivity index (χ2n) is 6.84. The SMILES string of the molecule is CNC(C1CCCCCC1)C1CCc2ccccc2C1. The molecule has 1 heteroatoms. The zero-order chi connectivity index (χ0) is 13.8. The van der Waals surface area contributed by atoms with Gasteiger partial charge >= 0.3 is 0 Å². The molecule has 1 fully saturated rings. The molecule has 1 aromatic carbocycles. The Bertz CT molecular complexity index is 418. The van der Waals surface area contributed by atoms with E-state index in [0.29, 0.717) is 0 Å². The van der Waals surface area contributed by atoms with E-state index in [1.165, 1.54) is 57.8 Å². The Labute approximate surface area is 124 Å². The van der Waals surface area contributed by atoms with Crippen molar-refractivity contribution in [2.75, 3.05) is 7.05 Å². The summed E-state index contributed by atoms with van der Waals surface area (Å²) in [4.78, 5) is 0. The number of aryl methyl sites for hydroxylation is 1. The topological polar surface area (TPSA) is 12.0 Å². The minimum absolute atomic E-state index is 0.737. The Kier molecular flexibility index (Phi) is 4.77. The molecule has 0 amide bonds. The molecule has 0 aliphatic heterocycles. The van der Waals surface area contributed by atoms with Crippen LogP contribution in [0.2, 0.25) is 0 Å². The van der Waals surface area contributed by atoms with E-state index in [1.54, 1.807) is 11.1 Å². The molecular formula is C19H29N. The third-order valence-corrected chi connectivity index (χ3v) is 5.63. The van der Waals surface area contributed by atoms with Gasteiger partial charge in [-0.15, -0.1) is 0 Å². The lowest BCUT2D eigenvalue weighted by Gasteiger charge is -2.36. The third-order valence-electron chi connectivity index (χ3n) is 5.63. The van der Waals surface area contributed by atoms with E-state index in [2.05, 4.69) is 36.6 Å². The lowest BCUT2D eigenvalue weighted by Crippen LogP contribution is -2.42. The summed E-state index contributed by atoms with van der Waals surface area (Å²) < 4.78 is 0. The van der Waals surface area contributed by atoms with Crippen LogP contribution in [0.5, 0.6) is 0 Å². The summed E-state index contributed by atoms with van der Waals surface area (Å²) in [5.41, 5.74) is 3.21. The number of hydrogen-bond acceptors (Lipinski definition) is 1. The summed E-state index contributed by atoms with van der Waals surface area (Å²) >= 11 is 0. The monoisotopic (exact) mass is 271 g/mol. The van der Waals surface area contributed by atoms with Gasteiger partial charge in [-0.1, -0.05) is 49.9 Å². The minimum Gasteiger partial charge on any atom is -0.316 e. The molecule has 0 spiro atoms. The molecule has 20 heavy (non-hydrogen) atoms. The molecule has 0 bridgehead atoms. The van der Waals surface area contributed by atoms with Gasteiger partial charge in [-0.05, 0) is 62.1 Å². The standard InChI is InChI=1S/C19H29N/c1-20-19(16-9-4-2-3-5-10-16)18-13-12-15-8-6-7-11-17(15)14-18/h6-8,11,16,18-20H,2-5,9-10,12-14H2,1H3. The van der Waals surface area contributed by atoms with Crippen LogP contribution in [0.15, 0.2) is 24.3 Å². The van der Waals surface area contributed by atoms with Gasteiger partial charge in [0.2, 0.25) is 0 Å².